The van der Waals surface area contributed by atoms with E-state index >= 15 is 0 Å². The molecule has 1 atom stereocenters. The van der Waals surface area contributed by atoms with Crippen molar-refractivity contribution in [3.8, 4) is 5.75 Å². The lowest BCUT2D eigenvalue weighted by Crippen LogP contribution is -2.47. The summed E-state index contributed by atoms with van der Waals surface area (Å²) < 4.78 is 16.1. The van der Waals surface area contributed by atoms with Crippen LogP contribution in [-0.4, -0.2) is 66.0 Å². The minimum atomic E-state index is -0.310. The predicted molar refractivity (Wildman–Crippen MR) is 120 cm³/mol. The number of hydrogen-bond acceptors (Lipinski definition) is 7. The normalized spacial score (nSPS) is 15.8. The molecule has 33 heavy (non-hydrogen) atoms. The van der Waals surface area contributed by atoms with Crippen molar-refractivity contribution in [1.82, 2.24) is 15.0 Å². The Labute approximate surface area is 193 Å². The molecule has 9 heteroatoms. The number of likely N-dealkylation sites (tertiary alicyclic amines) is 1. The molecule has 0 saturated carbocycles. The van der Waals surface area contributed by atoms with Gasteiger partial charge in [-0.25, -0.2) is 0 Å². The molecule has 9 nitrogen and oxygen atoms in total. The lowest BCUT2D eigenvalue weighted by molar-refractivity contribution is -0.151. The largest absolute Gasteiger partial charge is 0.489 e. The van der Waals surface area contributed by atoms with Gasteiger partial charge in [0.05, 0.1) is 30.3 Å². The highest BCUT2D eigenvalue weighted by Gasteiger charge is 2.30. The van der Waals surface area contributed by atoms with Gasteiger partial charge in [0.25, 0.3) is 5.91 Å². The van der Waals surface area contributed by atoms with Crippen molar-refractivity contribution in [1.29, 1.82) is 0 Å². The first kappa shape index (κ1) is 24.3. The third kappa shape index (κ3) is 6.12. The maximum Gasteiger partial charge on any atom is 0.310 e. The van der Waals surface area contributed by atoms with Gasteiger partial charge in [-0.3, -0.25) is 14.4 Å². The van der Waals surface area contributed by atoms with Crippen LogP contribution >= 0.6 is 0 Å². The number of benzene rings is 1. The van der Waals surface area contributed by atoms with Gasteiger partial charge in [0.1, 0.15) is 18.1 Å². The fraction of sp³-hybridized carbons (Fsp3) is 0.500. The first-order valence-corrected chi connectivity index (χ1v) is 11.1. The Morgan fingerprint density at radius 2 is 2.06 bits per heavy atom. The second-order valence-corrected chi connectivity index (χ2v) is 8.21. The summed E-state index contributed by atoms with van der Waals surface area (Å²) in [6.07, 6.45) is 1.44. The van der Waals surface area contributed by atoms with Gasteiger partial charge in [0.15, 0.2) is 0 Å². The number of rotatable bonds is 8. The van der Waals surface area contributed by atoms with Crippen molar-refractivity contribution >= 4 is 17.8 Å². The maximum atomic E-state index is 12.9. The van der Waals surface area contributed by atoms with Crippen LogP contribution in [0.3, 0.4) is 0 Å². The molecule has 178 valence electrons. The number of aromatic nitrogens is 1. The highest BCUT2D eigenvalue weighted by atomic mass is 16.5. The Bertz CT molecular complexity index is 982. The third-order valence-corrected chi connectivity index (χ3v) is 5.76. The van der Waals surface area contributed by atoms with Gasteiger partial charge in [-0.15, -0.1) is 0 Å². The van der Waals surface area contributed by atoms with Crippen molar-refractivity contribution in [2.45, 2.75) is 40.2 Å². The van der Waals surface area contributed by atoms with Crippen molar-refractivity contribution in [3.05, 3.63) is 46.8 Å². The van der Waals surface area contributed by atoms with Crippen molar-refractivity contribution < 1.29 is 28.4 Å². The van der Waals surface area contributed by atoms with Gasteiger partial charge in [0.2, 0.25) is 5.91 Å². The highest BCUT2D eigenvalue weighted by Crippen LogP contribution is 2.20. The molecule has 0 aliphatic carbocycles. The molecule has 0 radical (unpaired) electrons. The van der Waals surface area contributed by atoms with Crippen LogP contribution in [-0.2, 0) is 20.9 Å². The van der Waals surface area contributed by atoms with Crippen LogP contribution in [0, 0.1) is 19.8 Å². The number of carbonyl (C=O) groups is 3. The number of aryl methyl sites for hydroxylation is 2. The van der Waals surface area contributed by atoms with E-state index in [1.54, 1.807) is 43.1 Å². The van der Waals surface area contributed by atoms with Gasteiger partial charge in [-0.05, 0) is 51.8 Å². The van der Waals surface area contributed by atoms with Crippen LogP contribution in [0.15, 0.2) is 28.8 Å². The Morgan fingerprint density at radius 3 is 2.76 bits per heavy atom. The number of esters is 1. The molecule has 2 heterocycles. The van der Waals surface area contributed by atoms with E-state index < -0.39 is 0 Å². The molecule has 1 saturated heterocycles. The number of ether oxygens (including phenoxy) is 2. The SMILES string of the molecule is CCOC(=O)C1CCCN(C(=O)CN(C)C(=O)c2cccc(OCc3c(C)noc3C)c2)C1. The summed E-state index contributed by atoms with van der Waals surface area (Å²) in [4.78, 5) is 40.7. The zero-order valence-corrected chi connectivity index (χ0v) is 19.6. The molecule has 3 rings (SSSR count). The summed E-state index contributed by atoms with van der Waals surface area (Å²) in [6, 6.07) is 6.84. The second-order valence-electron chi connectivity index (χ2n) is 8.21. The summed E-state index contributed by atoms with van der Waals surface area (Å²) in [5.41, 5.74) is 2.06. The average molecular weight is 458 g/mol. The number of likely N-dealkylation sites (N-methyl/N-ethyl adjacent to an activating group) is 1. The van der Waals surface area contributed by atoms with E-state index in [1.807, 2.05) is 13.8 Å². The second kappa shape index (κ2) is 11.0. The van der Waals surface area contributed by atoms with Gasteiger partial charge >= 0.3 is 5.97 Å². The Kier molecular flexibility index (Phi) is 8.08. The molecule has 0 spiro atoms. The summed E-state index contributed by atoms with van der Waals surface area (Å²) in [6.45, 7) is 6.86. The molecule has 1 aliphatic rings. The van der Waals surface area contributed by atoms with E-state index in [4.69, 9.17) is 14.0 Å². The standard InChI is InChI=1S/C24H31N3O6/c1-5-31-24(30)19-9-7-11-27(13-19)22(28)14-26(4)23(29)18-8-6-10-20(12-18)32-15-21-16(2)25-33-17(21)3/h6,8,10,12,19H,5,7,9,11,13-15H2,1-4H3. The molecule has 1 unspecified atom stereocenters. The predicted octanol–water partition coefficient (Wildman–Crippen LogP) is 2.74. The average Bonchev–Trinajstić information content (AvgIpc) is 3.14. The van der Waals surface area contributed by atoms with Crippen LogP contribution in [0.5, 0.6) is 5.75 Å². The van der Waals surface area contributed by atoms with Gasteiger partial charge in [-0.2, -0.15) is 0 Å². The van der Waals surface area contributed by atoms with Gasteiger partial charge < -0.3 is 23.8 Å². The summed E-state index contributed by atoms with van der Waals surface area (Å²) >= 11 is 0. The highest BCUT2D eigenvalue weighted by molar-refractivity contribution is 5.96. The fourth-order valence-corrected chi connectivity index (χ4v) is 3.83. The fourth-order valence-electron chi connectivity index (χ4n) is 3.83. The minimum absolute atomic E-state index is 0.0709. The molecular formula is C24H31N3O6. The molecule has 1 aromatic heterocycles. The molecule has 2 aromatic rings. The van der Waals surface area contributed by atoms with Crippen LogP contribution < -0.4 is 4.74 Å². The monoisotopic (exact) mass is 457 g/mol. The molecule has 0 bridgehead atoms. The van der Waals surface area contributed by atoms with Gasteiger partial charge in [-0.1, -0.05) is 11.2 Å². The Balaban J connectivity index is 1.57. The lowest BCUT2D eigenvalue weighted by atomic mass is 9.98. The van der Waals surface area contributed by atoms with Crippen LogP contribution in [0.1, 0.15) is 47.1 Å². The Morgan fingerprint density at radius 1 is 1.27 bits per heavy atom. The molecule has 1 aromatic carbocycles. The van der Waals surface area contributed by atoms with E-state index in [-0.39, 0.29) is 36.9 Å². The lowest BCUT2D eigenvalue weighted by Gasteiger charge is -2.32. The maximum absolute atomic E-state index is 12.9. The van der Waals surface area contributed by atoms with Crippen molar-refractivity contribution in [2.24, 2.45) is 5.92 Å². The summed E-state index contributed by atoms with van der Waals surface area (Å²) in [5.74, 6) is 0.175. The molecule has 1 aliphatic heterocycles. The van der Waals surface area contributed by atoms with E-state index in [2.05, 4.69) is 5.16 Å². The first-order valence-electron chi connectivity index (χ1n) is 11.1. The zero-order chi connectivity index (χ0) is 24.0. The van der Waals surface area contributed by atoms with E-state index in [1.165, 1.54) is 4.90 Å². The number of nitrogens with zero attached hydrogens (tertiary/aromatic N) is 3. The number of carbonyl (C=O) groups excluding carboxylic acids is 3. The quantitative estimate of drug-likeness (QED) is 0.562. The smallest absolute Gasteiger partial charge is 0.310 e. The number of hydrogen-bond donors (Lipinski definition) is 0. The topological polar surface area (TPSA) is 102 Å². The van der Waals surface area contributed by atoms with E-state index in [0.717, 1.165) is 17.7 Å². The number of amides is 2. The van der Waals surface area contributed by atoms with Crippen LogP contribution in [0.4, 0.5) is 0 Å². The molecule has 2 amide bonds. The zero-order valence-electron chi connectivity index (χ0n) is 19.6. The number of piperidine rings is 1. The third-order valence-electron chi connectivity index (χ3n) is 5.76. The summed E-state index contributed by atoms with van der Waals surface area (Å²) in [5, 5.41) is 3.91. The minimum Gasteiger partial charge on any atom is -0.489 e. The first-order chi connectivity index (χ1) is 15.8. The molecule has 0 N–H and O–H groups in total. The van der Waals surface area contributed by atoms with Gasteiger partial charge in [0, 0.05) is 25.7 Å². The van der Waals surface area contributed by atoms with Crippen LogP contribution in [0.25, 0.3) is 0 Å². The molecule has 1 fully saturated rings. The van der Waals surface area contributed by atoms with E-state index in [9.17, 15) is 14.4 Å². The van der Waals surface area contributed by atoms with Crippen molar-refractivity contribution in [2.75, 3.05) is 33.3 Å². The van der Waals surface area contributed by atoms with Crippen LogP contribution in [0.2, 0.25) is 0 Å². The summed E-state index contributed by atoms with van der Waals surface area (Å²) in [7, 11) is 1.59. The van der Waals surface area contributed by atoms with E-state index in [0.29, 0.717) is 43.2 Å². The Hall–Kier alpha value is -3.36. The molecular weight excluding hydrogens is 426 g/mol. The van der Waals surface area contributed by atoms with Crippen molar-refractivity contribution in [3.63, 3.8) is 0 Å².